The van der Waals surface area contributed by atoms with Gasteiger partial charge in [0.15, 0.2) is 4.90 Å². The zero-order valence-electron chi connectivity index (χ0n) is 12.4. The zero-order chi connectivity index (χ0) is 16.0. The topological polar surface area (TPSA) is 101 Å². The van der Waals surface area contributed by atoms with Gasteiger partial charge in [0.1, 0.15) is 5.69 Å². The van der Waals surface area contributed by atoms with E-state index in [1.165, 1.54) is 25.2 Å². The van der Waals surface area contributed by atoms with E-state index in [0.29, 0.717) is 12.8 Å². The Morgan fingerprint density at radius 3 is 2.48 bits per heavy atom. The van der Waals surface area contributed by atoms with Gasteiger partial charge >= 0.3 is 5.69 Å². The van der Waals surface area contributed by atoms with Gasteiger partial charge in [-0.15, -0.1) is 0 Å². The number of rotatable bonds is 8. The summed E-state index contributed by atoms with van der Waals surface area (Å²) < 4.78 is 27.4. The van der Waals surface area contributed by atoms with Crippen LogP contribution in [0, 0.1) is 10.1 Å². The first-order valence-corrected chi connectivity index (χ1v) is 8.33. The second-order valence-corrected chi connectivity index (χ2v) is 6.36. The highest BCUT2D eigenvalue weighted by Gasteiger charge is 2.29. The third-order valence-electron chi connectivity index (χ3n) is 3.19. The first-order chi connectivity index (χ1) is 9.87. The lowest BCUT2D eigenvalue weighted by molar-refractivity contribution is -0.386. The van der Waals surface area contributed by atoms with E-state index in [1.807, 2.05) is 13.8 Å². The van der Waals surface area contributed by atoms with E-state index in [-0.39, 0.29) is 16.6 Å². The SMILES string of the molecule is CCCC(CC)NS(=O)(=O)c1cccc(NC)c1[N+](=O)[O-]. The van der Waals surface area contributed by atoms with Crippen LogP contribution in [0.2, 0.25) is 0 Å². The Balaban J connectivity index is 3.28. The summed E-state index contributed by atoms with van der Waals surface area (Å²) in [6.45, 7) is 3.84. The van der Waals surface area contributed by atoms with Crippen molar-refractivity contribution in [1.82, 2.24) is 4.72 Å². The minimum absolute atomic E-state index is 0.173. The molecule has 0 aliphatic carbocycles. The van der Waals surface area contributed by atoms with E-state index < -0.39 is 20.6 Å². The van der Waals surface area contributed by atoms with Gasteiger partial charge in [-0.25, -0.2) is 13.1 Å². The second kappa shape index (κ2) is 7.37. The van der Waals surface area contributed by atoms with Crippen LogP contribution in [0.4, 0.5) is 11.4 Å². The Bertz CT molecular complexity index is 601. The van der Waals surface area contributed by atoms with Crippen molar-refractivity contribution >= 4 is 21.4 Å². The van der Waals surface area contributed by atoms with E-state index in [9.17, 15) is 18.5 Å². The van der Waals surface area contributed by atoms with Crippen molar-refractivity contribution < 1.29 is 13.3 Å². The summed E-state index contributed by atoms with van der Waals surface area (Å²) in [5.74, 6) is 0. The minimum atomic E-state index is -3.93. The molecule has 0 heterocycles. The quantitative estimate of drug-likeness (QED) is 0.567. The molecule has 21 heavy (non-hydrogen) atoms. The molecule has 0 fully saturated rings. The number of hydrogen-bond donors (Lipinski definition) is 2. The average Bonchev–Trinajstić information content (AvgIpc) is 2.45. The fourth-order valence-electron chi connectivity index (χ4n) is 2.11. The van der Waals surface area contributed by atoms with E-state index in [4.69, 9.17) is 0 Å². The van der Waals surface area contributed by atoms with Gasteiger partial charge in [0.25, 0.3) is 0 Å². The molecule has 0 aromatic heterocycles. The van der Waals surface area contributed by atoms with Crippen LogP contribution in [0.1, 0.15) is 33.1 Å². The molecule has 118 valence electrons. The molecule has 7 nitrogen and oxygen atoms in total. The lowest BCUT2D eigenvalue weighted by Crippen LogP contribution is -2.34. The van der Waals surface area contributed by atoms with E-state index >= 15 is 0 Å². The van der Waals surface area contributed by atoms with Crippen molar-refractivity contribution in [3.05, 3.63) is 28.3 Å². The number of nitrogens with zero attached hydrogens (tertiary/aromatic N) is 1. The molecule has 1 unspecified atom stereocenters. The molecule has 0 saturated carbocycles. The van der Waals surface area contributed by atoms with Crippen molar-refractivity contribution in [1.29, 1.82) is 0 Å². The van der Waals surface area contributed by atoms with E-state index in [1.54, 1.807) is 0 Å². The summed E-state index contributed by atoms with van der Waals surface area (Å²) in [5, 5.41) is 13.9. The summed E-state index contributed by atoms with van der Waals surface area (Å²) in [4.78, 5) is 10.2. The highest BCUT2D eigenvalue weighted by molar-refractivity contribution is 7.89. The lowest BCUT2D eigenvalue weighted by Gasteiger charge is -2.16. The number of sulfonamides is 1. The van der Waals surface area contributed by atoms with Crippen LogP contribution in [0.5, 0.6) is 0 Å². The van der Waals surface area contributed by atoms with Gasteiger partial charge in [-0.1, -0.05) is 26.3 Å². The van der Waals surface area contributed by atoms with E-state index in [2.05, 4.69) is 10.0 Å². The predicted molar refractivity (Wildman–Crippen MR) is 82.0 cm³/mol. The fraction of sp³-hybridized carbons (Fsp3) is 0.538. The van der Waals surface area contributed by atoms with Crippen LogP contribution in [-0.4, -0.2) is 26.4 Å². The molecule has 0 aliphatic rings. The van der Waals surface area contributed by atoms with Gasteiger partial charge < -0.3 is 5.32 Å². The molecule has 0 amide bonds. The number of nitro benzene ring substituents is 1. The minimum Gasteiger partial charge on any atom is -0.383 e. The molecule has 0 bridgehead atoms. The summed E-state index contributed by atoms with van der Waals surface area (Å²) in [6.07, 6.45) is 2.15. The molecular formula is C13H21N3O4S. The molecule has 0 radical (unpaired) electrons. The van der Waals surface area contributed by atoms with Crippen LogP contribution in [0.15, 0.2) is 23.1 Å². The Morgan fingerprint density at radius 1 is 1.33 bits per heavy atom. The van der Waals surface area contributed by atoms with Gasteiger partial charge in [0, 0.05) is 13.1 Å². The molecule has 0 spiro atoms. The molecule has 0 aliphatic heterocycles. The van der Waals surface area contributed by atoms with Crippen LogP contribution in [0.3, 0.4) is 0 Å². The Hall–Kier alpha value is -1.67. The maximum atomic E-state index is 12.4. The number of para-hydroxylation sites is 1. The standard InChI is InChI=1S/C13H21N3O4S/c1-4-7-10(5-2)15-21(19,20)12-9-6-8-11(14-3)13(12)16(17)18/h6,8-10,14-15H,4-5,7H2,1-3H3. The van der Waals surface area contributed by atoms with Gasteiger partial charge in [-0.05, 0) is 25.0 Å². The van der Waals surface area contributed by atoms with Crippen molar-refractivity contribution in [2.45, 2.75) is 44.0 Å². The van der Waals surface area contributed by atoms with Crippen molar-refractivity contribution in [2.75, 3.05) is 12.4 Å². The van der Waals surface area contributed by atoms with Crippen LogP contribution in [-0.2, 0) is 10.0 Å². The van der Waals surface area contributed by atoms with Gasteiger partial charge in [-0.2, -0.15) is 0 Å². The molecule has 1 atom stereocenters. The first kappa shape index (κ1) is 17.4. The molecule has 2 N–H and O–H groups in total. The predicted octanol–water partition coefficient (Wildman–Crippen LogP) is 2.49. The van der Waals surface area contributed by atoms with Crippen LogP contribution in [0.25, 0.3) is 0 Å². The highest BCUT2D eigenvalue weighted by atomic mass is 32.2. The third-order valence-corrected chi connectivity index (χ3v) is 4.74. The average molecular weight is 315 g/mol. The Morgan fingerprint density at radius 2 is 2.00 bits per heavy atom. The largest absolute Gasteiger partial charge is 0.383 e. The van der Waals surface area contributed by atoms with Crippen molar-refractivity contribution in [2.24, 2.45) is 0 Å². The van der Waals surface area contributed by atoms with Gasteiger partial charge in [-0.3, -0.25) is 10.1 Å². The highest BCUT2D eigenvalue weighted by Crippen LogP contribution is 2.31. The van der Waals surface area contributed by atoms with E-state index in [0.717, 1.165) is 6.42 Å². The fourth-order valence-corrected chi connectivity index (χ4v) is 3.65. The van der Waals surface area contributed by atoms with Crippen molar-refractivity contribution in [3.8, 4) is 0 Å². The maximum Gasteiger partial charge on any atom is 0.312 e. The van der Waals surface area contributed by atoms with Crippen LogP contribution >= 0.6 is 0 Å². The third kappa shape index (κ3) is 4.15. The first-order valence-electron chi connectivity index (χ1n) is 6.84. The number of benzene rings is 1. The number of anilines is 1. The second-order valence-electron chi connectivity index (χ2n) is 4.67. The van der Waals surface area contributed by atoms with Gasteiger partial charge in [0.2, 0.25) is 10.0 Å². The molecule has 8 heteroatoms. The number of nitro groups is 1. The van der Waals surface area contributed by atoms with Gasteiger partial charge in [0.05, 0.1) is 4.92 Å². The normalized spacial score (nSPS) is 12.9. The Kier molecular flexibility index (Phi) is 6.10. The van der Waals surface area contributed by atoms with Crippen molar-refractivity contribution in [3.63, 3.8) is 0 Å². The Labute approximate surface area is 124 Å². The molecule has 1 rings (SSSR count). The smallest absolute Gasteiger partial charge is 0.312 e. The molecule has 0 saturated heterocycles. The summed E-state index contributed by atoms with van der Waals surface area (Å²) >= 11 is 0. The zero-order valence-corrected chi connectivity index (χ0v) is 13.2. The summed E-state index contributed by atoms with van der Waals surface area (Å²) in [6, 6.07) is 3.98. The molecule has 1 aromatic rings. The van der Waals surface area contributed by atoms with Crippen LogP contribution < -0.4 is 10.0 Å². The number of nitrogens with one attached hydrogen (secondary N) is 2. The summed E-state index contributed by atoms with van der Waals surface area (Å²) in [7, 11) is -2.42. The molecule has 1 aromatic carbocycles. The maximum absolute atomic E-state index is 12.4. The summed E-state index contributed by atoms with van der Waals surface area (Å²) in [5.41, 5.74) is -0.259. The number of hydrogen-bond acceptors (Lipinski definition) is 5. The molecular weight excluding hydrogens is 294 g/mol. The lowest BCUT2D eigenvalue weighted by atomic mass is 10.1. The monoisotopic (exact) mass is 315 g/mol.